The van der Waals surface area contributed by atoms with Crippen molar-refractivity contribution in [3.8, 4) is 11.3 Å². The molecule has 6 heteroatoms. The van der Waals surface area contributed by atoms with Crippen LogP contribution in [-0.2, 0) is 4.79 Å². The molecular formula is C17H19FN2O3. The summed E-state index contributed by atoms with van der Waals surface area (Å²) >= 11 is 0. The molecule has 2 amide bonds. The largest absolute Gasteiger partial charge is 0.451 e. The van der Waals surface area contributed by atoms with E-state index in [1.807, 2.05) is 0 Å². The Balaban J connectivity index is 1.86. The quantitative estimate of drug-likeness (QED) is 0.804. The van der Waals surface area contributed by atoms with Crippen molar-refractivity contribution in [2.45, 2.75) is 13.8 Å². The molecular weight excluding hydrogens is 299 g/mol. The third-order valence-corrected chi connectivity index (χ3v) is 3.19. The highest BCUT2D eigenvalue weighted by Gasteiger charge is 2.12. The summed E-state index contributed by atoms with van der Waals surface area (Å²) in [5.41, 5.74) is 0.689. The number of amides is 2. The van der Waals surface area contributed by atoms with Crippen LogP contribution in [-0.4, -0.2) is 24.9 Å². The summed E-state index contributed by atoms with van der Waals surface area (Å²) in [6.07, 6.45) is 0. The standard InChI is InChI=1S/C17H19FN2O3/c1-11(2)16(21)19-9-10-20-17(22)15-8-7-14(23-15)12-3-5-13(18)6-4-12/h3-8,11H,9-10H2,1-2H3,(H,19,21)(H,20,22). The van der Waals surface area contributed by atoms with Gasteiger partial charge in [-0.25, -0.2) is 4.39 Å². The van der Waals surface area contributed by atoms with Crippen LogP contribution in [0, 0.1) is 11.7 Å². The third kappa shape index (κ3) is 4.67. The summed E-state index contributed by atoms with van der Waals surface area (Å²) in [5.74, 6) is -0.188. The van der Waals surface area contributed by atoms with Crippen molar-refractivity contribution in [3.63, 3.8) is 0 Å². The smallest absolute Gasteiger partial charge is 0.287 e. The van der Waals surface area contributed by atoms with Gasteiger partial charge in [-0.05, 0) is 36.4 Å². The Hall–Kier alpha value is -2.63. The number of nitrogens with one attached hydrogen (secondary N) is 2. The number of furan rings is 1. The van der Waals surface area contributed by atoms with Gasteiger partial charge in [0.15, 0.2) is 5.76 Å². The Morgan fingerprint density at radius 3 is 2.35 bits per heavy atom. The maximum absolute atomic E-state index is 12.9. The molecule has 0 saturated carbocycles. The van der Waals surface area contributed by atoms with Crippen LogP contribution in [0.2, 0.25) is 0 Å². The molecule has 2 N–H and O–H groups in total. The normalized spacial score (nSPS) is 10.6. The fourth-order valence-corrected chi connectivity index (χ4v) is 1.88. The zero-order valence-electron chi connectivity index (χ0n) is 13.1. The number of hydrogen-bond donors (Lipinski definition) is 2. The van der Waals surface area contributed by atoms with Crippen molar-refractivity contribution >= 4 is 11.8 Å². The van der Waals surface area contributed by atoms with Crippen molar-refractivity contribution in [3.05, 3.63) is 48.0 Å². The number of halogens is 1. The van der Waals surface area contributed by atoms with Crippen LogP contribution < -0.4 is 10.6 Å². The predicted molar refractivity (Wildman–Crippen MR) is 84.3 cm³/mol. The molecule has 0 aliphatic rings. The Labute approximate surface area is 133 Å². The van der Waals surface area contributed by atoms with Crippen LogP contribution >= 0.6 is 0 Å². The van der Waals surface area contributed by atoms with Crippen LogP contribution in [0.4, 0.5) is 4.39 Å². The van der Waals surface area contributed by atoms with Gasteiger partial charge in [0.05, 0.1) is 0 Å². The van der Waals surface area contributed by atoms with Gasteiger partial charge in [0.1, 0.15) is 11.6 Å². The predicted octanol–water partition coefficient (Wildman–Crippen LogP) is 2.59. The van der Waals surface area contributed by atoms with Crippen LogP contribution in [0.25, 0.3) is 11.3 Å². The van der Waals surface area contributed by atoms with E-state index >= 15 is 0 Å². The lowest BCUT2D eigenvalue weighted by atomic mass is 10.2. The molecule has 1 aromatic carbocycles. The van der Waals surface area contributed by atoms with Crippen molar-refractivity contribution in [2.75, 3.05) is 13.1 Å². The highest BCUT2D eigenvalue weighted by Crippen LogP contribution is 2.22. The zero-order valence-corrected chi connectivity index (χ0v) is 13.1. The minimum atomic E-state index is -0.364. The van der Waals surface area contributed by atoms with Crippen molar-refractivity contribution in [2.24, 2.45) is 5.92 Å². The van der Waals surface area contributed by atoms with Crippen molar-refractivity contribution in [1.29, 1.82) is 0 Å². The lowest BCUT2D eigenvalue weighted by Crippen LogP contribution is -2.36. The van der Waals surface area contributed by atoms with Crippen LogP contribution in [0.3, 0.4) is 0 Å². The first-order chi connectivity index (χ1) is 11.0. The Bertz CT molecular complexity index is 677. The molecule has 23 heavy (non-hydrogen) atoms. The highest BCUT2D eigenvalue weighted by molar-refractivity contribution is 5.92. The summed E-state index contributed by atoms with van der Waals surface area (Å²) < 4.78 is 18.4. The Morgan fingerprint density at radius 1 is 1.04 bits per heavy atom. The number of rotatable bonds is 6. The second kappa shape index (κ2) is 7.58. The fraction of sp³-hybridized carbons (Fsp3) is 0.294. The molecule has 0 bridgehead atoms. The molecule has 0 fully saturated rings. The van der Waals surface area contributed by atoms with E-state index in [1.165, 1.54) is 12.1 Å². The highest BCUT2D eigenvalue weighted by atomic mass is 19.1. The summed E-state index contributed by atoms with van der Waals surface area (Å²) in [5, 5.41) is 5.37. The van der Waals surface area contributed by atoms with Crippen LogP contribution in [0.15, 0.2) is 40.8 Å². The van der Waals surface area contributed by atoms with E-state index in [-0.39, 0.29) is 29.3 Å². The minimum absolute atomic E-state index is 0.0594. The Morgan fingerprint density at radius 2 is 1.70 bits per heavy atom. The fourth-order valence-electron chi connectivity index (χ4n) is 1.88. The monoisotopic (exact) mass is 318 g/mol. The molecule has 0 unspecified atom stereocenters. The number of carbonyl (C=O) groups is 2. The van der Waals surface area contributed by atoms with Gasteiger partial charge in [-0.2, -0.15) is 0 Å². The molecule has 0 aliphatic carbocycles. The van der Waals surface area contributed by atoms with E-state index in [0.29, 0.717) is 24.4 Å². The van der Waals surface area contributed by atoms with E-state index in [2.05, 4.69) is 10.6 Å². The summed E-state index contributed by atoms with van der Waals surface area (Å²) in [7, 11) is 0. The summed E-state index contributed by atoms with van der Waals surface area (Å²) in [6.45, 7) is 4.26. The molecule has 2 rings (SSSR count). The average Bonchev–Trinajstić information content (AvgIpc) is 3.01. The first-order valence-corrected chi connectivity index (χ1v) is 7.39. The lowest BCUT2D eigenvalue weighted by molar-refractivity contribution is -0.123. The zero-order chi connectivity index (χ0) is 16.8. The summed E-state index contributed by atoms with van der Waals surface area (Å²) in [4.78, 5) is 23.3. The van der Waals surface area contributed by atoms with E-state index in [4.69, 9.17) is 4.42 Å². The van der Waals surface area contributed by atoms with E-state index in [0.717, 1.165) is 0 Å². The maximum Gasteiger partial charge on any atom is 0.287 e. The van der Waals surface area contributed by atoms with Gasteiger partial charge >= 0.3 is 0 Å². The van der Waals surface area contributed by atoms with Gasteiger partial charge in [0.25, 0.3) is 5.91 Å². The van der Waals surface area contributed by atoms with Crippen molar-refractivity contribution < 1.29 is 18.4 Å². The second-order valence-electron chi connectivity index (χ2n) is 5.37. The molecule has 5 nitrogen and oxygen atoms in total. The number of benzene rings is 1. The van der Waals surface area contributed by atoms with Crippen molar-refractivity contribution in [1.82, 2.24) is 10.6 Å². The second-order valence-corrected chi connectivity index (χ2v) is 5.37. The molecule has 0 aliphatic heterocycles. The van der Waals surface area contributed by atoms with Gasteiger partial charge < -0.3 is 15.1 Å². The van der Waals surface area contributed by atoms with E-state index in [9.17, 15) is 14.0 Å². The van der Waals surface area contributed by atoms with Gasteiger partial charge in [-0.1, -0.05) is 13.8 Å². The van der Waals surface area contributed by atoms with Crippen LogP contribution in [0.1, 0.15) is 24.4 Å². The van der Waals surface area contributed by atoms with Gasteiger partial charge in [-0.15, -0.1) is 0 Å². The molecule has 1 aromatic heterocycles. The van der Waals surface area contributed by atoms with Gasteiger partial charge in [0, 0.05) is 24.6 Å². The molecule has 0 saturated heterocycles. The topological polar surface area (TPSA) is 71.3 Å². The summed E-state index contributed by atoms with van der Waals surface area (Å²) in [6, 6.07) is 9.03. The lowest BCUT2D eigenvalue weighted by Gasteiger charge is -2.07. The number of hydrogen-bond acceptors (Lipinski definition) is 3. The van der Waals surface area contributed by atoms with E-state index in [1.54, 1.807) is 38.1 Å². The maximum atomic E-state index is 12.9. The minimum Gasteiger partial charge on any atom is -0.451 e. The average molecular weight is 318 g/mol. The molecule has 0 atom stereocenters. The first kappa shape index (κ1) is 16.7. The Kier molecular flexibility index (Phi) is 5.51. The van der Waals surface area contributed by atoms with Crippen LogP contribution in [0.5, 0.6) is 0 Å². The molecule has 0 spiro atoms. The van der Waals surface area contributed by atoms with E-state index < -0.39 is 0 Å². The van der Waals surface area contributed by atoms with Gasteiger partial charge in [-0.3, -0.25) is 9.59 Å². The van der Waals surface area contributed by atoms with Gasteiger partial charge in [0.2, 0.25) is 5.91 Å². The molecule has 122 valence electrons. The SMILES string of the molecule is CC(C)C(=O)NCCNC(=O)c1ccc(-c2ccc(F)cc2)o1. The molecule has 2 aromatic rings. The third-order valence-electron chi connectivity index (χ3n) is 3.19. The molecule has 1 heterocycles. The first-order valence-electron chi connectivity index (χ1n) is 7.39. The number of carbonyl (C=O) groups excluding carboxylic acids is 2. The molecule has 0 radical (unpaired) electrons.